The highest BCUT2D eigenvalue weighted by molar-refractivity contribution is 5.97. The highest BCUT2D eigenvalue weighted by atomic mass is 19.4. The highest BCUT2D eigenvalue weighted by Gasteiger charge is 2.35. The molecule has 1 fully saturated rings. The van der Waals surface area contributed by atoms with Gasteiger partial charge in [0.2, 0.25) is 0 Å². The van der Waals surface area contributed by atoms with Crippen molar-refractivity contribution in [2.45, 2.75) is 18.9 Å². The molecule has 1 aliphatic heterocycles. The topological polar surface area (TPSA) is 73.8 Å². The molecule has 27 heavy (non-hydrogen) atoms. The van der Waals surface area contributed by atoms with Crippen molar-refractivity contribution in [3.8, 4) is 17.5 Å². The van der Waals surface area contributed by atoms with Crippen LogP contribution in [0, 0.1) is 0 Å². The van der Waals surface area contributed by atoms with Crippen molar-refractivity contribution >= 4 is 5.91 Å². The summed E-state index contributed by atoms with van der Waals surface area (Å²) in [6, 6.07) is 5.25. The van der Waals surface area contributed by atoms with E-state index in [4.69, 9.17) is 9.47 Å². The van der Waals surface area contributed by atoms with Crippen LogP contribution in [-0.4, -0.2) is 53.4 Å². The molecule has 2 aromatic rings. The fraction of sp³-hybridized carbons (Fsp3) is 0.353. The molecule has 1 aliphatic rings. The third-order valence-corrected chi connectivity index (χ3v) is 3.88. The number of halogens is 3. The van der Waals surface area contributed by atoms with Gasteiger partial charge in [-0.15, -0.1) is 13.2 Å². The zero-order valence-corrected chi connectivity index (χ0v) is 14.3. The Morgan fingerprint density at radius 3 is 2.59 bits per heavy atom. The van der Waals surface area contributed by atoms with Crippen molar-refractivity contribution in [1.29, 1.82) is 0 Å². The number of hydrogen-bond acceptors (Lipinski definition) is 6. The number of nitrogens with zero attached hydrogens (tertiary/aromatic N) is 3. The summed E-state index contributed by atoms with van der Waals surface area (Å²) in [5.74, 6) is -0.687. The van der Waals surface area contributed by atoms with Crippen LogP contribution < -0.4 is 14.2 Å². The predicted octanol–water partition coefficient (Wildman–Crippen LogP) is 2.68. The summed E-state index contributed by atoms with van der Waals surface area (Å²) in [6.45, 7) is 0.519. The van der Waals surface area contributed by atoms with Crippen LogP contribution in [-0.2, 0) is 0 Å². The SMILES string of the molecule is COc1nccnc1OC1CCN(C(=O)c2ccccc2OC(F)(F)F)C1. The summed E-state index contributed by atoms with van der Waals surface area (Å²) in [4.78, 5) is 22.1. The molecular weight excluding hydrogens is 367 g/mol. The largest absolute Gasteiger partial charge is 0.573 e. The highest BCUT2D eigenvalue weighted by Crippen LogP contribution is 2.29. The van der Waals surface area contributed by atoms with Gasteiger partial charge >= 0.3 is 6.36 Å². The Balaban J connectivity index is 1.70. The van der Waals surface area contributed by atoms with Crippen molar-refractivity contribution in [1.82, 2.24) is 14.9 Å². The molecule has 1 saturated heterocycles. The predicted molar refractivity (Wildman–Crippen MR) is 86.6 cm³/mol. The molecule has 0 N–H and O–H groups in total. The van der Waals surface area contributed by atoms with Gasteiger partial charge in [0.15, 0.2) is 0 Å². The number of methoxy groups -OCH3 is 1. The number of aromatic nitrogens is 2. The average Bonchev–Trinajstić information content (AvgIpc) is 3.09. The Morgan fingerprint density at radius 1 is 1.19 bits per heavy atom. The van der Waals surface area contributed by atoms with Crippen molar-refractivity contribution < 1.29 is 32.2 Å². The lowest BCUT2D eigenvalue weighted by Gasteiger charge is -2.19. The van der Waals surface area contributed by atoms with Gasteiger partial charge in [0, 0.05) is 25.4 Å². The number of carbonyl (C=O) groups excluding carboxylic acids is 1. The van der Waals surface area contributed by atoms with E-state index in [1.54, 1.807) is 0 Å². The molecule has 0 radical (unpaired) electrons. The lowest BCUT2D eigenvalue weighted by Crippen LogP contribution is -2.32. The van der Waals surface area contributed by atoms with E-state index in [9.17, 15) is 18.0 Å². The average molecular weight is 383 g/mol. The number of likely N-dealkylation sites (tertiary alicyclic amines) is 1. The van der Waals surface area contributed by atoms with Gasteiger partial charge in [-0.3, -0.25) is 4.79 Å². The molecular formula is C17H16F3N3O4. The fourth-order valence-electron chi connectivity index (χ4n) is 2.73. The monoisotopic (exact) mass is 383 g/mol. The molecule has 0 saturated carbocycles. The van der Waals surface area contributed by atoms with Gasteiger partial charge in [0.05, 0.1) is 19.2 Å². The van der Waals surface area contributed by atoms with Gasteiger partial charge in [0.1, 0.15) is 11.9 Å². The number of benzene rings is 1. The van der Waals surface area contributed by atoms with Crippen LogP contribution in [0.25, 0.3) is 0 Å². The van der Waals surface area contributed by atoms with Gasteiger partial charge < -0.3 is 19.1 Å². The van der Waals surface area contributed by atoms with Crippen molar-refractivity contribution in [3.05, 3.63) is 42.2 Å². The maximum absolute atomic E-state index is 12.6. The van der Waals surface area contributed by atoms with Crippen LogP contribution >= 0.6 is 0 Å². The van der Waals surface area contributed by atoms with E-state index in [0.717, 1.165) is 6.07 Å². The standard InChI is InChI=1S/C17H16F3N3O4/c1-25-14-15(22-8-7-21-14)26-11-6-9-23(10-11)16(24)12-4-2-3-5-13(12)27-17(18,19)20/h2-5,7-8,11H,6,9-10H2,1H3. The number of amides is 1. The van der Waals surface area contributed by atoms with E-state index < -0.39 is 18.0 Å². The second-order valence-electron chi connectivity index (χ2n) is 5.69. The number of alkyl halides is 3. The van der Waals surface area contributed by atoms with Crippen molar-refractivity contribution in [3.63, 3.8) is 0 Å². The molecule has 10 heteroatoms. The molecule has 1 amide bonds. The molecule has 0 aliphatic carbocycles. The minimum atomic E-state index is -4.88. The van der Waals surface area contributed by atoms with Crippen molar-refractivity contribution in [2.24, 2.45) is 0 Å². The zero-order chi connectivity index (χ0) is 19.4. The van der Waals surface area contributed by atoms with E-state index in [1.807, 2.05) is 0 Å². The van der Waals surface area contributed by atoms with Crippen LogP contribution in [0.1, 0.15) is 16.8 Å². The lowest BCUT2D eigenvalue weighted by molar-refractivity contribution is -0.274. The second-order valence-corrected chi connectivity index (χ2v) is 5.69. The number of para-hydroxylation sites is 1. The van der Waals surface area contributed by atoms with Crippen LogP contribution in [0.2, 0.25) is 0 Å². The van der Waals surface area contributed by atoms with E-state index in [2.05, 4.69) is 14.7 Å². The molecule has 1 unspecified atom stereocenters. The molecule has 1 atom stereocenters. The third-order valence-electron chi connectivity index (χ3n) is 3.88. The fourth-order valence-corrected chi connectivity index (χ4v) is 2.73. The van der Waals surface area contributed by atoms with E-state index in [1.165, 1.54) is 42.6 Å². The molecule has 2 heterocycles. The van der Waals surface area contributed by atoms with Crippen LogP contribution in [0.3, 0.4) is 0 Å². The lowest BCUT2D eigenvalue weighted by atomic mass is 10.2. The first-order valence-electron chi connectivity index (χ1n) is 8.03. The smallest absolute Gasteiger partial charge is 0.477 e. The quantitative estimate of drug-likeness (QED) is 0.791. The number of carbonyl (C=O) groups is 1. The van der Waals surface area contributed by atoms with Gasteiger partial charge in [-0.2, -0.15) is 0 Å². The summed E-state index contributed by atoms with van der Waals surface area (Å²) in [5, 5.41) is 0. The summed E-state index contributed by atoms with van der Waals surface area (Å²) < 4.78 is 52.4. The molecule has 3 rings (SSSR count). The van der Waals surface area contributed by atoms with Crippen LogP contribution in [0.5, 0.6) is 17.5 Å². The van der Waals surface area contributed by atoms with Crippen molar-refractivity contribution in [2.75, 3.05) is 20.2 Å². The Bertz CT molecular complexity index is 816. The summed E-state index contributed by atoms with van der Waals surface area (Å²) in [6.07, 6.45) is -1.87. The minimum absolute atomic E-state index is 0.160. The Morgan fingerprint density at radius 2 is 1.89 bits per heavy atom. The summed E-state index contributed by atoms with van der Waals surface area (Å²) >= 11 is 0. The first-order valence-corrected chi connectivity index (χ1v) is 8.03. The first kappa shape index (κ1) is 18.7. The number of ether oxygens (including phenoxy) is 3. The van der Waals surface area contributed by atoms with Crippen LogP contribution in [0.15, 0.2) is 36.7 Å². The van der Waals surface area contributed by atoms with E-state index in [-0.39, 0.29) is 30.0 Å². The maximum Gasteiger partial charge on any atom is 0.573 e. The Kier molecular flexibility index (Phi) is 5.33. The summed E-state index contributed by atoms with van der Waals surface area (Å²) in [5.41, 5.74) is -0.160. The molecule has 144 valence electrons. The van der Waals surface area contributed by atoms with Gasteiger partial charge in [-0.1, -0.05) is 12.1 Å². The number of hydrogen-bond donors (Lipinski definition) is 0. The molecule has 7 nitrogen and oxygen atoms in total. The minimum Gasteiger partial charge on any atom is -0.477 e. The van der Waals surface area contributed by atoms with E-state index >= 15 is 0 Å². The molecule has 1 aromatic carbocycles. The number of rotatable bonds is 5. The van der Waals surface area contributed by atoms with Gasteiger partial charge in [0.25, 0.3) is 17.7 Å². The molecule has 0 spiro atoms. The van der Waals surface area contributed by atoms with Gasteiger partial charge in [-0.05, 0) is 12.1 Å². The Hall–Kier alpha value is -3.04. The maximum atomic E-state index is 12.6. The molecule has 1 aromatic heterocycles. The second kappa shape index (κ2) is 7.68. The Labute approximate surface area is 152 Å². The zero-order valence-electron chi connectivity index (χ0n) is 14.3. The first-order chi connectivity index (χ1) is 12.9. The van der Waals surface area contributed by atoms with Gasteiger partial charge in [-0.25, -0.2) is 9.97 Å². The van der Waals surface area contributed by atoms with E-state index in [0.29, 0.717) is 13.0 Å². The normalized spacial score (nSPS) is 16.9. The molecule has 0 bridgehead atoms. The summed E-state index contributed by atoms with van der Waals surface area (Å²) in [7, 11) is 1.43. The van der Waals surface area contributed by atoms with Crippen LogP contribution in [0.4, 0.5) is 13.2 Å². The third kappa shape index (κ3) is 4.57.